The quantitative estimate of drug-likeness (QED) is 0.843. The highest BCUT2D eigenvalue weighted by Gasteiger charge is 2.40. The Hall–Kier alpha value is -1.38. The number of carboxylic acid groups (broad SMARTS) is 1. The lowest BCUT2D eigenvalue weighted by molar-refractivity contribution is -0.140. The van der Waals surface area contributed by atoms with Crippen molar-refractivity contribution in [1.82, 2.24) is 9.29 Å². The minimum atomic E-state index is -4.01. The molecule has 0 unspecified atom stereocenters. The van der Waals surface area contributed by atoms with Gasteiger partial charge in [-0.1, -0.05) is 11.6 Å². The molecule has 1 saturated heterocycles. The van der Waals surface area contributed by atoms with Crippen LogP contribution in [0.4, 0.5) is 5.82 Å². The molecule has 1 aliphatic heterocycles. The Morgan fingerprint density at radius 3 is 2.89 bits per heavy atom. The number of aromatic nitrogens is 1. The topological polar surface area (TPSA) is 114 Å². The Balaban J connectivity index is 2.48. The number of pyridine rings is 1. The van der Waals surface area contributed by atoms with Gasteiger partial charge in [0.2, 0.25) is 10.0 Å². The summed E-state index contributed by atoms with van der Waals surface area (Å²) >= 11 is 5.71. The lowest BCUT2D eigenvalue weighted by Crippen LogP contribution is -2.40. The fourth-order valence-corrected chi connectivity index (χ4v) is 4.01. The first-order valence-electron chi connectivity index (χ1n) is 5.49. The van der Waals surface area contributed by atoms with E-state index in [1.165, 1.54) is 12.3 Å². The van der Waals surface area contributed by atoms with Crippen LogP contribution in [0.25, 0.3) is 0 Å². The summed E-state index contributed by atoms with van der Waals surface area (Å²) in [5, 5.41) is 9.16. The predicted octanol–water partition coefficient (Wildman–Crippen LogP) is 0.555. The van der Waals surface area contributed by atoms with Gasteiger partial charge < -0.3 is 10.8 Å². The molecule has 2 heterocycles. The number of nitrogen functional groups attached to an aromatic ring is 1. The molecule has 104 valence electrons. The van der Waals surface area contributed by atoms with Gasteiger partial charge in [0.25, 0.3) is 0 Å². The first kappa shape index (κ1) is 14.0. The van der Waals surface area contributed by atoms with Crippen molar-refractivity contribution in [2.24, 2.45) is 0 Å². The molecule has 9 heteroatoms. The van der Waals surface area contributed by atoms with E-state index in [-0.39, 0.29) is 28.7 Å². The maximum Gasteiger partial charge on any atom is 0.322 e. The second-order valence-corrected chi connectivity index (χ2v) is 6.44. The van der Waals surface area contributed by atoms with Crippen LogP contribution in [-0.2, 0) is 14.8 Å². The van der Waals surface area contributed by atoms with E-state index >= 15 is 0 Å². The lowest BCUT2D eigenvalue weighted by atomic mass is 10.2. The number of halogens is 1. The van der Waals surface area contributed by atoms with E-state index in [1.807, 2.05) is 0 Å². The molecule has 0 bridgehead atoms. The zero-order valence-electron chi connectivity index (χ0n) is 9.78. The van der Waals surface area contributed by atoms with E-state index in [0.29, 0.717) is 6.42 Å². The number of hydrogen-bond donors (Lipinski definition) is 2. The van der Waals surface area contributed by atoms with Crippen LogP contribution in [0.2, 0.25) is 5.02 Å². The molecule has 1 fully saturated rings. The zero-order valence-corrected chi connectivity index (χ0v) is 11.4. The number of aliphatic carboxylic acids is 1. The summed E-state index contributed by atoms with van der Waals surface area (Å²) in [5.74, 6) is -1.37. The highest BCUT2D eigenvalue weighted by Crippen LogP contribution is 2.29. The number of carbonyl (C=O) groups is 1. The molecular formula is C10H12ClN3O4S. The van der Waals surface area contributed by atoms with Crippen LogP contribution in [0, 0.1) is 0 Å². The van der Waals surface area contributed by atoms with Crippen molar-refractivity contribution in [2.45, 2.75) is 23.8 Å². The average Bonchev–Trinajstić information content (AvgIpc) is 2.82. The molecule has 1 aromatic rings. The number of anilines is 1. The standard InChI is InChI=1S/C10H12ClN3O4S/c11-6-4-8(9(12)13-5-6)19(17,18)14-3-1-2-7(14)10(15)16/h4-5,7H,1-3H2,(H2,12,13)(H,15,16)/t7-/m0/s1. The molecule has 1 aromatic heterocycles. The van der Waals surface area contributed by atoms with E-state index in [1.54, 1.807) is 0 Å². The van der Waals surface area contributed by atoms with Gasteiger partial charge in [0.05, 0.1) is 5.02 Å². The van der Waals surface area contributed by atoms with Crippen molar-refractivity contribution in [2.75, 3.05) is 12.3 Å². The van der Waals surface area contributed by atoms with Crippen molar-refractivity contribution < 1.29 is 18.3 Å². The van der Waals surface area contributed by atoms with E-state index in [4.69, 9.17) is 22.4 Å². The molecule has 0 amide bonds. The van der Waals surface area contributed by atoms with Crippen LogP contribution in [0.15, 0.2) is 17.2 Å². The summed E-state index contributed by atoms with van der Waals surface area (Å²) < 4.78 is 25.7. The third-order valence-electron chi connectivity index (χ3n) is 2.92. The minimum absolute atomic E-state index is 0.124. The highest BCUT2D eigenvalue weighted by molar-refractivity contribution is 7.89. The third-order valence-corrected chi connectivity index (χ3v) is 5.07. The summed E-state index contributed by atoms with van der Waals surface area (Å²) in [7, 11) is -4.01. The molecule has 3 N–H and O–H groups in total. The zero-order chi connectivity index (χ0) is 14.2. The van der Waals surface area contributed by atoms with Gasteiger partial charge in [-0.2, -0.15) is 4.31 Å². The van der Waals surface area contributed by atoms with E-state index < -0.39 is 22.0 Å². The molecule has 0 aromatic carbocycles. The van der Waals surface area contributed by atoms with Gasteiger partial charge in [-0.25, -0.2) is 13.4 Å². The summed E-state index contributed by atoms with van der Waals surface area (Å²) in [6.45, 7) is 0.144. The van der Waals surface area contributed by atoms with Crippen molar-refractivity contribution in [1.29, 1.82) is 0 Å². The Kier molecular flexibility index (Phi) is 3.66. The van der Waals surface area contributed by atoms with Crippen LogP contribution in [0.3, 0.4) is 0 Å². The predicted molar refractivity (Wildman–Crippen MR) is 68.2 cm³/mol. The Labute approximate surface area is 115 Å². The van der Waals surface area contributed by atoms with E-state index in [9.17, 15) is 13.2 Å². The Morgan fingerprint density at radius 2 is 2.26 bits per heavy atom. The van der Waals surface area contributed by atoms with Crippen LogP contribution in [0.1, 0.15) is 12.8 Å². The molecular weight excluding hydrogens is 294 g/mol. The Bertz CT molecular complexity index is 619. The van der Waals surface area contributed by atoms with Crippen molar-refractivity contribution in [3.05, 3.63) is 17.3 Å². The number of carboxylic acids is 1. The fraction of sp³-hybridized carbons (Fsp3) is 0.400. The molecule has 1 aliphatic rings. The molecule has 0 saturated carbocycles. The number of sulfonamides is 1. The maximum absolute atomic E-state index is 12.4. The molecule has 0 aliphatic carbocycles. The average molecular weight is 306 g/mol. The second-order valence-electron chi connectivity index (χ2n) is 4.15. The molecule has 1 atom stereocenters. The number of nitrogens with two attached hydrogens (primary N) is 1. The first-order valence-corrected chi connectivity index (χ1v) is 7.31. The van der Waals surface area contributed by atoms with Crippen LogP contribution in [0.5, 0.6) is 0 Å². The number of rotatable bonds is 3. The number of hydrogen-bond acceptors (Lipinski definition) is 5. The molecule has 7 nitrogen and oxygen atoms in total. The maximum atomic E-state index is 12.4. The monoisotopic (exact) mass is 305 g/mol. The van der Waals surface area contributed by atoms with E-state index in [2.05, 4.69) is 4.98 Å². The smallest absolute Gasteiger partial charge is 0.322 e. The minimum Gasteiger partial charge on any atom is -0.480 e. The molecule has 2 rings (SSSR count). The van der Waals surface area contributed by atoms with Crippen molar-refractivity contribution in [3.63, 3.8) is 0 Å². The highest BCUT2D eigenvalue weighted by atomic mass is 35.5. The fourth-order valence-electron chi connectivity index (χ4n) is 2.04. The first-order chi connectivity index (χ1) is 8.84. The van der Waals surface area contributed by atoms with Gasteiger partial charge in [-0.3, -0.25) is 4.79 Å². The third kappa shape index (κ3) is 2.51. The second kappa shape index (κ2) is 4.95. The van der Waals surface area contributed by atoms with Gasteiger partial charge in [-0.05, 0) is 18.9 Å². The SMILES string of the molecule is Nc1ncc(Cl)cc1S(=O)(=O)N1CCC[C@H]1C(=O)O. The van der Waals surface area contributed by atoms with Crippen molar-refractivity contribution >= 4 is 33.4 Å². The van der Waals surface area contributed by atoms with Gasteiger partial charge in [0.15, 0.2) is 0 Å². The lowest BCUT2D eigenvalue weighted by Gasteiger charge is -2.21. The van der Waals surface area contributed by atoms with Crippen LogP contribution in [-0.4, -0.2) is 41.4 Å². The van der Waals surface area contributed by atoms with Gasteiger partial charge >= 0.3 is 5.97 Å². The van der Waals surface area contributed by atoms with Crippen LogP contribution >= 0.6 is 11.6 Å². The molecule has 0 radical (unpaired) electrons. The molecule has 19 heavy (non-hydrogen) atoms. The summed E-state index contributed by atoms with van der Waals surface area (Å²) in [6.07, 6.45) is 2.00. The van der Waals surface area contributed by atoms with Gasteiger partial charge in [0.1, 0.15) is 16.8 Å². The summed E-state index contributed by atoms with van der Waals surface area (Å²) in [4.78, 5) is 14.5. The number of nitrogens with zero attached hydrogens (tertiary/aromatic N) is 2. The van der Waals surface area contributed by atoms with E-state index in [0.717, 1.165) is 4.31 Å². The van der Waals surface area contributed by atoms with Crippen LogP contribution < -0.4 is 5.73 Å². The van der Waals surface area contributed by atoms with Crippen molar-refractivity contribution in [3.8, 4) is 0 Å². The molecule has 0 spiro atoms. The van der Waals surface area contributed by atoms with Gasteiger partial charge in [0, 0.05) is 12.7 Å². The summed E-state index contributed by atoms with van der Waals surface area (Å²) in [6, 6.07) is 0.111. The summed E-state index contributed by atoms with van der Waals surface area (Å²) in [5.41, 5.74) is 5.54. The normalized spacial score (nSPS) is 20.6. The van der Waals surface area contributed by atoms with Gasteiger partial charge in [-0.15, -0.1) is 0 Å². The largest absolute Gasteiger partial charge is 0.480 e. The Morgan fingerprint density at radius 1 is 1.58 bits per heavy atom.